The van der Waals surface area contributed by atoms with E-state index in [2.05, 4.69) is 6.07 Å². The molecule has 0 aliphatic carbocycles. The molecule has 2 rings (SSSR count). The molecule has 0 radical (unpaired) electrons. The molecule has 0 bridgehead atoms. The number of morpholine rings is 1. The highest BCUT2D eigenvalue weighted by atomic mass is 16.5. The number of nitrogens with zero attached hydrogens (tertiary/aromatic N) is 1. The molecule has 1 heterocycles. The van der Waals surface area contributed by atoms with Crippen molar-refractivity contribution in [1.29, 1.82) is 0 Å². The molecule has 1 aromatic carbocycles. The highest BCUT2D eigenvalue weighted by molar-refractivity contribution is 5.78. The minimum Gasteiger partial charge on any atom is -0.484 e. The Morgan fingerprint density at radius 1 is 1.33 bits per heavy atom. The number of hydrogen-bond acceptors (Lipinski definition) is 4. The summed E-state index contributed by atoms with van der Waals surface area (Å²) in [5, 5.41) is 9.18. The summed E-state index contributed by atoms with van der Waals surface area (Å²) < 4.78 is 11.1. The number of hydrogen-bond donors (Lipinski definition) is 1. The summed E-state index contributed by atoms with van der Waals surface area (Å²) >= 11 is 0. The zero-order valence-corrected chi connectivity index (χ0v) is 12.8. The lowest BCUT2D eigenvalue weighted by Gasteiger charge is -2.36. The molecule has 5 heteroatoms. The van der Waals surface area contributed by atoms with Crippen LogP contribution in [-0.2, 0) is 9.53 Å². The van der Waals surface area contributed by atoms with E-state index >= 15 is 0 Å². The van der Waals surface area contributed by atoms with Gasteiger partial charge < -0.3 is 19.5 Å². The van der Waals surface area contributed by atoms with Crippen LogP contribution in [0.3, 0.4) is 0 Å². The standard InChI is InChI=1S/C16H23NO4/c1-11-4-12(2)6-14(5-11)20-10-16(19)17-7-13(3)21-15(8-17)9-18/h4-6,13,15,18H,7-10H2,1-3H3. The third-order valence-electron chi connectivity index (χ3n) is 3.44. The Morgan fingerprint density at radius 2 is 2.00 bits per heavy atom. The van der Waals surface area contributed by atoms with Crippen LogP contribution in [0.4, 0.5) is 0 Å². The van der Waals surface area contributed by atoms with E-state index in [0.29, 0.717) is 18.8 Å². The van der Waals surface area contributed by atoms with Crippen molar-refractivity contribution < 1.29 is 19.4 Å². The third-order valence-corrected chi connectivity index (χ3v) is 3.44. The van der Waals surface area contributed by atoms with E-state index < -0.39 is 0 Å². The van der Waals surface area contributed by atoms with Gasteiger partial charge in [0, 0.05) is 13.1 Å². The fraction of sp³-hybridized carbons (Fsp3) is 0.562. The summed E-state index contributed by atoms with van der Waals surface area (Å²) in [6.45, 7) is 6.77. The summed E-state index contributed by atoms with van der Waals surface area (Å²) in [7, 11) is 0. The molecule has 0 aromatic heterocycles. The van der Waals surface area contributed by atoms with Crippen molar-refractivity contribution in [3.8, 4) is 5.75 Å². The zero-order valence-electron chi connectivity index (χ0n) is 12.8. The van der Waals surface area contributed by atoms with Crippen LogP contribution in [0.1, 0.15) is 18.1 Å². The predicted molar refractivity (Wildman–Crippen MR) is 79.4 cm³/mol. The molecule has 1 aliphatic heterocycles. The number of aryl methyl sites for hydroxylation is 2. The molecule has 1 fully saturated rings. The quantitative estimate of drug-likeness (QED) is 0.909. The first-order chi connectivity index (χ1) is 9.97. The lowest BCUT2D eigenvalue weighted by molar-refractivity contribution is -0.149. The lowest BCUT2D eigenvalue weighted by Crippen LogP contribution is -2.51. The van der Waals surface area contributed by atoms with Crippen molar-refractivity contribution in [3.05, 3.63) is 29.3 Å². The van der Waals surface area contributed by atoms with Gasteiger partial charge in [-0.25, -0.2) is 0 Å². The predicted octanol–water partition coefficient (Wildman–Crippen LogP) is 1.29. The first-order valence-corrected chi connectivity index (χ1v) is 7.23. The van der Waals surface area contributed by atoms with Crippen LogP contribution in [0, 0.1) is 13.8 Å². The van der Waals surface area contributed by atoms with Crippen molar-refractivity contribution >= 4 is 5.91 Å². The lowest BCUT2D eigenvalue weighted by atomic mass is 10.1. The second-order valence-corrected chi connectivity index (χ2v) is 5.66. The summed E-state index contributed by atoms with van der Waals surface area (Å²) in [6.07, 6.45) is -0.375. The first kappa shape index (κ1) is 15.8. The van der Waals surface area contributed by atoms with Gasteiger partial charge in [-0.3, -0.25) is 4.79 Å². The number of rotatable bonds is 4. The van der Waals surface area contributed by atoms with E-state index in [1.54, 1.807) is 4.90 Å². The molecule has 1 aromatic rings. The summed E-state index contributed by atoms with van der Waals surface area (Å²) in [5.74, 6) is 0.628. The van der Waals surface area contributed by atoms with E-state index in [0.717, 1.165) is 11.1 Å². The number of amides is 1. The Labute approximate surface area is 125 Å². The van der Waals surface area contributed by atoms with Gasteiger partial charge in [-0.1, -0.05) is 6.07 Å². The SMILES string of the molecule is Cc1cc(C)cc(OCC(=O)N2CC(C)OC(CO)C2)c1. The van der Waals surface area contributed by atoms with Crippen molar-refractivity contribution in [3.63, 3.8) is 0 Å². The van der Waals surface area contributed by atoms with Crippen LogP contribution < -0.4 is 4.74 Å². The molecule has 5 nitrogen and oxygen atoms in total. The monoisotopic (exact) mass is 293 g/mol. The number of carbonyl (C=O) groups excluding carboxylic acids is 1. The van der Waals surface area contributed by atoms with Crippen LogP contribution in [0.5, 0.6) is 5.75 Å². The second kappa shape index (κ2) is 6.91. The molecule has 21 heavy (non-hydrogen) atoms. The van der Waals surface area contributed by atoms with E-state index in [1.165, 1.54) is 0 Å². The van der Waals surface area contributed by atoms with Crippen molar-refractivity contribution in [1.82, 2.24) is 4.90 Å². The first-order valence-electron chi connectivity index (χ1n) is 7.23. The number of aliphatic hydroxyl groups is 1. The fourth-order valence-corrected chi connectivity index (χ4v) is 2.60. The molecule has 116 valence electrons. The van der Waals surface area contributed by atoms with Crippen LogP contribution >= 0.6 is 0 Å². The molecule has 0 spiro atoms. The van der Waals surface area contributed by atoms with Gasteiger partial charge in [0.15, 0.2) is 6.61 Å². The number of benzene rings is 1. The molecule has 1 aliphatic rings. The second-order valence-electron chi connectivity index (χ2n) is 5.66. The average Bonchev–Trinajstić information content (AvgIpc) is 2.43. The highest BCUT2D eigenvalue weighted by Crippen LogP contribution is 2.17. The van der Waals surface area contributed by atoms with Crippen LogP contribution in [0.25, 0.3) is 0 Å². The molecule has 1 N–H and O–H groups in total. The van der Waals surface area contributed by atoms with Crippen molar-refractivity contribution in [2.45, 2.75) is 33.0 Å². The number of ether oxygens (including phenoxy) is 2. The van der Waals surface area contributed by atoms with Gasteiger partial charge in [0.25, 0.3) is 5.91 Å². The van der Waals surface area contributed by atoms with Crippen molar-refractivity contribution in [2.75, 3.05) is 26.3 Å². The van der Waals surface area contributed by atoms with Gasteiger partial charge in [-0.05, 0) is 44.0 Å². The zero-order chi connectivity index (χ0) is 15.4. The van der Waals surface area contributed by atoms with E-state index in [1.807, 2.05) is 32.9 Å². The van der Waals surface area contributed by atoms with Crippen LogP contribution in [-0.4, -0.2) is 54.4 Å². The highest BCUT2D eigenvalue weighted by Gasteiger charge is 2.28. The van der Waals surface area contributed by atoms with Crippen molar-refractivity contribution in [2.24, 2.45) is 0 Å². The summed E-state index contributed by atoms with van der Waals surface area (Å²) in [4.78, 5) is 13.9. The van der Waals surface area contributed by atoms with E-state index in [-0.39, 0.29) is 31.3 Å². The van der Waals surface area contributed by atoms with E-state index in [4.69, 9.17) is 9.47 Å². The molecule has 1 saturated heterocycles. The summed E-state index contributed by atoms with van der Waals surface area (Å²) in [5.41, 5.74) is 2.22. The van der Waals surface area contributed by atoms with Gasteiger partial charge in [-0.15, -0.1) is 0 Å². The smallest absolute Gasteiger partial charge is 0.260 e. The third kappa shape index (κ3) is 4.44. The Hall–Kier alpha value is -1.59. The maximum absolute atomic E-state index is 12.2. The number of carbonyl (C=O) groups is 1. The maximum atomic E-state index is 12.2. The molecule has 0 saturated carbocycles. The Kier molecular flexibility index (Phi) is 5.20. The maximum Gasteiger partial charge on any atom is 0.260 e. The van der Waals surface area contributed by atoms with Gasteiger partial charge in [-0.2, -0.15) is 0 Å². The Morgan fingerprint density at radius 3 is 2.62 bits per heavy atom. The Bertz CT molecular complexity index is 483. The normalized spacial score (nSPS) is 22.2. The molecule has 2 atom stereocenters. The van der Waals surface area contributed by atoms with Gasteiger partial charge in [0.05, 0.1) is 18.8 Å². The van der Waals surface area contributed by atoms with E-state index in [9.17, 15) is 9.90 Å². The number of aliphatic hydroxyl groups excluding tert-OH is 1. The molecular formula is C16H23NO4. The largest absolute Gasteiger partial charge is 0.484 e. The molecule has 1 amide bonds. The summed E-state index contributed by atoms with van der Waals surface area (Å²) in [6, 6.07) is 5.89. The average molecular weight is 293 g/mol. The van der Waals surface area contributed by atoms with Crippen LogP contribution in [0.2, 0.25) is 0 Å². The topological polar surface area (TPSA) is 59.0 Å². The minimum atomic E-state index is -0.307. The van der Waals surface area contributed by atoms with Crippen LogP contribution in [0.15, 0.2) is 18.2 Å². The van der Waals surface area contributed by atoms with Gasteiger partial charge in [0.2, 0.25) is 0 Å². The van der Waals surface area contributed by atoms with Gasteiger partial charge in [0.1, 0.15) is 5.75 Å². The molecule has 2 unspecified atom stereocenters. The van der Waals surface area contributed by atoms with Gasteiger partial charge >= 0.3 is 0 Å². The minimum absolute atomic E-state index is 0.00770. The molecular weight excluding hydrogens is 270 g/mol. The fourth-order valence-electron chi connectivity index (χ4n) is 2.60. The Balaban J connectivity index is 1.91.